The van der Waals surface area contributed by atoms with Gasteiger partial charge >= 0.3 is 5.97 Å². The van der Waals surface area contributed by atoms with E-state index in [1.807, 2.05) is 0 Å². The quantitative estimate of drug-likeness (QED) is 0.789. The fourth-order valence-corrected chi connectivity index (χ4v) is 3.31. The minimum Gasteiger partial charge on any atom is -0.481 e. The van der Waals surface area contributed by atoms with E-state index in [4.69, 9.17) is 10.4 Å². The summed E-state index contributed by atoms with van der Waals surface area (Å²) in [5.74, 6) is -0.970. The molecule has 1 rings (SSSR count). The van der Waals surface area contributed by atoms with Gasteiger partial charge in [0, 0.05) is 13.1 Å². The molecule has 0 aromatic carbocycles. The molecule has 17 heavy (non-hydrogen) atoms. The van der Waals surface area contributed by atoms with Crippen molar-refractivity contribution in [2.45, 2.75) is 31.9 Å². The fourth-order valence-electron chi connectivity index (χ4n) is 1.96. The number of hydrogen-bond acceptors (Lipinski definition) is 4. The van der Waals surface area contributed by atoms with Gasteiger partial charge in [0.15, 0.2) is 5.25 Å². The molecule has 1 N–H and O–H groups in total. The van der Waals surface area contributed by atoms with Crippen molar-refractivity contribution < 1.29 is 18.3 Å². The zero-order chi connectivity index (χ0) is 13.3. The molecule has 2 atom stereocenters. The van der Waals surface area contributed by atoms with Crippen molar-refractivity contribution >= 4 is 16.0 Å². The summed E-state index contributed by atoms with van der Waals surface area (Å²) in [6, 6.07) is 1.68. The maximum Gasteiger partial charge on any atom is 0.311 e. The van der Waals surface area contributed by atoms with Gasteiger partial charge in [-0.05, 0) is 19.8 Å². The van der Waals surface area contributed by atoms with Crippen LogP contribution < -0.4 is 0 Å². The highest BCUT2D eigenvalue weighted by atomic mass is 32.2. The monoisotopic (exact) mass is 260 g/mol. The summed E-state index contributed by atoms with van der Waals surface area (Å²) in [6.45, 7) is 3.18. The van der Waals surface area contributed by atoms with Gasteiger partial charge in [-0.15, -0.1) is 0 Å². The van der Waals surface area contributed by atoms with E-state index in [2.05, 4.69) is 0 Å². The zero-order valence-corrected chi connectivity index (χ0v) is 10.7. The first-order valence-electron chi connectivity index (χ1n) is 5.42. The van der Waals surface area contributed by atoms with Gasteiger partial charge in [0.1, 0.15) is 0 Å². The Bertz CT molecular complexity index is 453. The summed E-state index contributed by atoms with van der Waals surface area (Å²) in [7, 11) is -3.69. The van der Waals surface area contributed by atoms with Crippen LogP contribution in [-0.4, -0.2) is 42.1 Å². The highest BCUT2D eigenvalue weighted by Gasteiger charge is 2.47. The second-order valence-corrected chi connectivity index (χ2v) is 6.59. The van der Waals surface area contributed by atoms with E-state index in [0.717, 1.165) is 4.31 Å². The largest absolute Gasteiger partial charge is 0.481 e. The maximum atomic E-state index is 11.9. The molecule has 1 aliphatic heterocycles. The van der Waals surface area contributed by atoms with Crippen molar-refractivity contribution in [1.82, 2.24) is 4.31 Å². The molecule has 1 fully saturated rings. The third-order valence-electron chi connectivity index (χ3n) is 3.44. The average molecular weight is 260 g/mol. The number of carboxylic acids is 1. The molecule has 0 amide bonds. The lowest BCUT2D eigenvalue weighted by Gasteiger charge is -2.23. The third-order valence-corrected chi connectivity index (χ3v) is 5.47. The molecule has 0 aliphatic carbocycles. The Morgan fingerprint density at radius 1 is 1.65 bits per heavy atom. The first-order chi connectivity index (χ1) is 7.80. The lowest BCUT2D eigenvalue weighted by molar-refractivity contribution is -0.148. The van der Waals surface area contributed by atoms with Gasteiger partial charge in [-0.1, -0.05) is 6.92 Å². The van der Waals surface area contributed by atoms with Crippen LogP contribution in [0.25, 0.3) is 0 Å². The molecular formula is C10H16N2O4S. The van der Waals surface area contributed by atoms with E-state index in [-0.39, 0.29) is 13.1 Å². The van der Waals surface area contributed by atoms with Crippen LogP contribution in [0.2, 0.25) is 0 Å². The minimum absolute atomic E-state index is 0.0345. The Balaban J connectivity index is 2.95. The Morgan fingerprint density at radius 3 is 2.59 bits per heavy atom. The predicted molar refractivity (Wildman–Crippen MR) is 60.5 cm³/mol. The number of nitriles is 1. The van der Waals surface area contributed by atoms with Crippen molar-refractivity contribution in [3.05, 3.63) is 0 Å². The zero-order valence-electron chi connectivity index (χ0n) is 9.88. The Morgan fingerprint density at radius 2 is 2.24 bits per heavy atom. The number of hydrogen-bond donors (Lipinski definition) is 1. The molecular weight excluding hydrogens is 244 g/mol. The van der Waals surface area contributed by atoms with Crippen LogP contribution in [0.1, 0.15) is 26.7 Å². The Labute approximate surface area is 101 Å². The van der Waals surface area contributed by atoms with E-state index < -0.39 is 26.7 Å². The SMILES string of the molecule is CCC1(C(=O)O)CCN(S(=O)(=O)C(C)C#N)C1. The minimum atomic E-state index is -3.69. The highest BCUT2D eigenvalue weighted by molar-refractivity contribution is 7.90. The first kappa shape index (κ1) is 13.9. The van der Waals surface area contributed by atoms with Gasteiger partial charge in [-0.2, -0.15) is 9.57 Å². The number of sulfonamides is 1. The molecule has 96 valence electrons. The van der Waals surface area contributed by atoms with Crippen molar-refractivity contribution in [1.29, 1.82) is 5.26 Å². The highest BCUT2D eigenvalue weighted by Crippen LogP contribution is 2.36. The second-order valence-electron chi connectivity index (χ2n) is 4.34. The van der Waals surface area contributed by atoms with Crippen molar-refractivity contribution in [2.75, 3.05) is 13.1 Å². The second kappa shape index (κ2) is 4.63. The standard InChI is InChI=1S/C10H16N2O4S/c1-3-10(9(13)14)4-5-12(7-10)17(15,16)8(2)6-11/h8H,3-5,7H2,1-2H3,(H,13,14). The van der Waals surface area contributed by atoms with Gasteiger partial charge in [0.05, 0.1) is 11.5 Å². The van der Waals surface area contributed by atoms with E-state index in [0.29, 0.717) is 12.8 Å². The normalized spacial score (nSPS) is 27.6. The smallest absolute Gasteiger partial charge is 0.311 e. The lowest BCUT2D eigenvalue weighted by atomic mass is 9.85. The summed E-state index contributed by atoms with van der Waals surface area (Å²) >= 11 is 0. The van der Waals surface area contributed by atoms with E-state index in [9.17, 15) is 13.2 Å². The fraction of sp³-hybridized carbons (Fsp3) is 0.800. The summed E-state index contributed by atoms with van der Waals surface area (Å²) in [5.41, 5.74) is -0.998. The average Bonchev–Trinajstić information content (AvgIpc) is 2.74. The van der Waals surface area contributed by atoms with E-state index in [1.165, 1.54) is 6.92 Å². The maximum absolute atomic E-state index is 11.9. The van der Waals surface area contributed by atoms with E-state index >= 15 is 0 Å². The molecule has 0 aromatic rings. The molecule has 0 radical (unpaired) electrons. The molecule has 6 nitrogen and oxygen atoms in total. The van der Waals surface area contributed by atoms with Crippen LogP contribution >= 0.6 is 0 Å². The van der Waals surface area contributed by atoms with Crippen LogP contribution in [0, 0.1) is 16.7 Å². The number of nitrogens with zero attached hydrogens (tertiary/aromatic N) is 2. The Hall–Kier alpha value is -1.13. The predicted octanol–water partition coefficient (Wildman–Crippen LogP) is 0.415. The van der Waals surface area contributed by atoms with Crippen molar-refractivity contribution in [3.63, 3.8) is 0 Å². The number of carboxylic acid groups (broad SMARTS) is 1. The number of aliphatic carboxylic acids is 1. The molecule has 0 saturated carbocycles. The molecule has 0 bridgehead atoms. The van der Waals surface area contributed by atoms with Crippen LogP contribution in [0.3, 0.4) is 0 Å². The van der Waals surface area contributed by atoms with Crippen LogP contribution in [0.15, 0.2) is 0 Å². The van der Waals surface area contributed by atoms with Crippen LogP contribution in [0.4, 0.5) is 0 Å². The topological polar surface area (TPSA) is 98.5 Å². The Kier molecular flexibility index (Phi) is 3.79. The van der Waals surface area contributed by atoms with E-state index in [1.54, 1.807) is 13.0 Å². The van der Waals surface area contributed by atoms with Gasteiger partial charge in [0.25, 0.3) is 0 Å². The van der Waals surface area contributed by atoms with Gasteiger partial charge in [-0.3, -0.25) is 4.79 Å². The number of rotatable bonds is 4. The van der Waals surface area contributed by atoms with Crippen molar-refractivity contribution in [2.24, 2.45) is 5.41 Å². The van der Waals surface area contributed by atoms with Crippen LogP contribution in [0.5, 0.6) is 0 Å². The molecule has 1 saturated heterocycles. The first-order valence-corrected chi connectivity index (χ1v) is 6.92. The molecule has 1 aliphatic rings. The summed E-state index contributed by atoms with van der Waals surface area (Å²) in [5, 5.41) is 16.7. The molecule has 2 unspecified atom stereocenters. The molecule has 0 spiro atoms. The molecule has 7 heteroatoms. The molecule has 1 heterocycles. The van der Waals surface area contributed by atoms with Gasteiger partial charge < -0.3 is 5.11 Å². The lowest BCUT2D eigenvalue weighted by Crippen LogP contribution is -2.39. The summed E-state index contributed by atoms with van der Waals surface area (Å²) in [6.07, 6.45) is 0.686. The van der Waals surface area contributed by atoms with Gasteiger partial charge in [0.2, 0.25) is 10.0 Å². The number of carbonyl (C=O) groups is 1. The van der Waals surface area contributed by atoms with Gasteiger partial charge in [-0.25, -0.2) is 8.42 Å². The molecule has 0 aromatic heterocycles. The third kappa shape index (κ3) is 2.28. The summed E-state index contributed by atoms with van der Waals surface area (Å²) in [4.78, 5) is 11.2. The van der Waals surface area contributed by atoms with Crippen molar-refractivity contribution in [3.8, 4) is 6.07 Å². The van der Waals surface area contributed by atoms with Crippen LogP contribution in [-0.2, 0) is 14.8 Å². The summed E-state index contributed by atoms with van der Waals surface area (Å²) < 4.78 is 24.9.